The average molecular weight is 249 g/mol. The zero-order valence-electron chi connectivity index (χ0n) is 10.9. The van der Waals surface area contributed by atoms with E-state index in [4.69, 9.17) is 5.73 Å². The van der Waals surface area contributed by atoms with Crippen molar-refractivity contribution < 1.29 is 4.79 Å². The van der Waals surface area contributed by atoms with E-state index in [2.05, 4.69) is 20.8 Å². The second-order valence-electron chi connectivity index (χ2n) is 6.09. The fraction of sp³-hybridized carbons (Fsp3) is 0.917. The van der Waals surface area contributed by atoms with Crippen molar-refractivity contribution in [1.82, 2.24) is 4.90 Å². The highest BCUT2D eigenvalue weighted by atomic mass is 35.5. The Kier molecular flexibility index (Phi) is 5.27. The van der Waals surface area contributed by atoms with Crippen LogP contribution in [0.3, 0.4) is 0 Å². The van der Waals surface area contributed by atoms with Gasteiger partial charge in [-0.15, -0.1) is 12.4 Å². The normalized spacial score (nSPS) is 19.1. The zero-order valence-corrected chi connectivity index (χ0v) is 11.7. The molecule has 0 bridgehead atoms. The topological polar surface area (TPSA) is 46.3 Å². The molecule has 1 rings (SSSR count). The number of nitrogens with zero attached hydrogens (tertiary/aromatic N) is 1. The van der Waals surface area contributed by atoms with E-state index in [1.54, 1.807) is 4.90 Å². The lowest BCUT2D eigenvalue weighted by Gasteiger charge is -2.33. The van der Waals surface area contributed by atoms with Crippen LogP contribution in [-0.2, 0) is 4.79 Å². The van der Waals surface area contributed by atoms with Crippen molar-refractivity contribution in [3.05, 3.63) is 0 Å². The third-order valence-corrected chi connectivity index (χ3v) is 2.98. The molecular weight excluding hydrogens is 224 g/mol. The number of halogens is 1. The van der Waals surface area contributed by atoms with E-state index in [1.807, 2.05) is 7.05 Å². The molecule has 0 aromatic carbocycles. The Hall–Kier alpha value is -0.280. The fourth-order valence-electron chi connectivity index (χ4n) is 2.38. The van der Waals surface area contributed by atoms with Crippen molar-refractivity contribution in [2.75, 3.05) is 13.6 Å². The van der Waals surface area contributed by atoms with E-state index >= 15 is 0 Å². The van der Waals surface area contributed by atoms with E-state index in [0.717, 1.165) is 32.2 Å². The molecule has 1 fully saturated rings. The predicted octanol–water partition coefficient (Wildman–Crippen LogP) is 2.18. The maximum atomic E-state index is 12.1. The number of hydrogen-bond donors (Lipinski definition) is 1. The summed E-state index contributed by atoms with van der Waals surface area (Å²) in [7, 11) is 1.86. The maximum Gasteiger partial charge on any atom is 0.242 e. The Morgan fingerprint density at radius 1 is 1.31 bits per heavy atom. The molecule has 96 valence electrons. The van der Waals surface area contributed by atoms with Crippen LogP contribution in [0, 0.1) is 5.41 Å². The summed E-state index contributed by atoms with van der Waals surface area (Å²) in [5.74, 6) is 0.120. The molecule has 0 radical (unpaired) electrons. The van der Waals surface area contributed by atoms with Crippen LogP contribution in [0.15, 0.2) is 0 Å². The standard InChI is InChI=1S/C12H24N2O.ClH/c1-11(2,3)9-14(4)10(15)12(13)7-5-6-8-12;/h5-9,13H2,1-4H3;1H. The smallest absolute Gasteiger partial charge is 0.242 e. The minimum absolute atomic E-state index is 0. The van der Waals surface area contributed by atoms with Crippen molar-refractivity contribution in [2.24, 2.45) is 11.1 Å². The highest BCUT2D eigenvalue weighted by Crippen LogP contribution is 2.29. The molecule has 0 aliphatic heterocycles. The summed E-state index contributed by atoms with van der Waals surface area (Å²) in [6, 6.07) is 0. The molecule has 0 atom stereocenters. The van der Waals surface area contributed by atoms with Crippen molar-refractivity contribution in [3.63, 3.8) is 0 Å². The van der Waals surface area contributed by atoms with Gasteiger partial charge in [-0.2, -0.15) is 0 Å². The SMILES string of the molecule is CN(CC(C)(C)C)C(=O)C1(N)CCCC1.Cl. The van der Waals surface area contributed by atoms with Crippen molar-refractivity contribution >= 4 is 18.3 Å². The van der Waals surface area contributed by atoms with Crippen LogP contribution in [0.25, 0.3) is 0 Å². The van der Waals surface area contributed by atoms with Gasteiger partial charge in [0.2, 0.25) is 5.91 Å². The van der Waals surface area contributed by atoms with E-state index in [-0.39, 0.29) is 23.7 Å². The Morgan fingerprint density at radius 3 is 2.12 bits per heavy atom. The van der Waals surface area contributed by atoms with Gasteiger partial charge in [-0.1, -0.05) is 33.6 Å². The van der Waals surface area contributed by atoms with E-state index in [9.17, 15) is 4.79 Å². The van der Waals surface area contributed by atoms with Gasteiger partial charge in [-0.3, -0.25) is 4.79 Å². The van der Waals surface area contributed by atoms with Crippen LogP contribution in [0.1, 0.15) is 46.5 Å². The summed E-state index contributed by atoms with van der Waals surface area (Å²) in [4.78, 5) is 13.9. The molecule has 0 unspecified atom stereocenters. The van der Waals surface area contributed by atoms with Gasteiger partial charge in [0.1, 0.15) is 0 Å². The molecule has 4 heteroatoms. The van der Waals surface area contributed by atoms with E-state index in [1.165, 1.54) is 0 Å². The van der Waals surface area contributed by atoms with Crippen molar-refractivity contribution in [3.8, 4) is 0 Å². The highest BCUT2D eigenvalue weighted by molar-refractivity contribution is 5.86. The monoisotopic (exact) mass is 248 g/mol. The zero-order chi connectivity index (χ0) is 11.7. The lowest BCUT2D eigenvalue weighted by molar-refractivity contribution is -0.136. The summed E-state index contributed by atoms with van der Waals surface area (Å²) >= 11 is 0. The van der Waals surface area contributed by atoms with E-state index in [0.29, 0.717) is 0 Å². The lowest BCUT2D eigenvalue weighted by Crippen LogP contribution is -2.53. The van der Waals surface area contributed by atoms with Crippen molar-refractivity contribution in [2.45, 2.75) is 52.0 Å². The van der Waals surface area contributed by atoms with Gasteiger partial charge in [-0.05, 0) is 18.3 Å². The molecule has 2 N–H and O–H groups in total. The minimum atomic E-state index is -0.569. The van der Waals surface area contributed by atoms with Gasteiger partial charge in [0.05, 0.1) is 5.54 Å². The highest BCUT2D eigenvalue weighted by Gasteiger charge is 2.39. The Bertz CT molecular complexity index is 242. The Labute approximate surface area is 105 Å². The minimum Gasteiger partial charge on any atom is -0.344 e. The predicted molar refractivity (Wildman–Crippen MR) is 69.7 cm³/mol. The molecule has 0 aromatic rings. The lowest BCUT2D eigenvalue weighted by atomic mass is 9.93. The summed E-state index contributed by atoms with van der Waals surface area (Å²) < 4.78 is 0. The molecule has 1 amide bonds. The molecule has 0 heterocycles. The van der Waals surface area contributed by atoms with Gasteiger partial charge in [0.25, 0.3) is 0 Å². The van der Waals surface area contributed by atoms with Crippen LogP contribution in [0.2, 0.25) is 0 Å². The Balaban J connectivity index is 0.00000225. The van der Waals surface area contributed by atoms with Crippen LogP contribution in [-0.4, -0.2) is 29.9 Å². The molecule has 0 saturated heterocycles. The molecule has 1 aliphatic rings. The third kappa shape index (κ3) is 3.95. The van der Waals surface area contributed by atoms with Gasteiger partial charge in [0, 0.05) is 13.6 Å². The first kappa shape index (κ1) is 15.7. The number of hydrogen-bond acceptors (Lipinski definition) is 2. The molecule has 0 aromatic heterocycles. The molecule has 1 aliphatic carbocycles. The van der Waals surface area contributed by atoms with Gasteiger partial charge < -0.3 is 10.6 Å². The maximum absolute atomic E-state index is 12.1. The van der Waals surface area contributed by atoms with Gasteiger partial charge in [0.15, 0.2) is 0 Å². The number of carbonyl (C=O) groups is 1. The number of amides is 1. The average Bonchev–Trinajstić information content (AvgIpc) is 2.49. The second-order valence-corrected chi connectivity index (χ2v) is 6.09. The number of carbonyl (C=O) groups excluding carboxylic acids is 1. The summed E-state index contributed by atoms with van der Waals surface area (Å²) in [5, 5.41) is 0. The molecular formula is C12H25ClN2O. The molecule has 16 heavy (non-hydrogen) atoms. The fourth-order valence-corrected chi connectivity index (χ4v) is 2.38. The first-order valence-corrected chi connectivity index (χ1v) is 5.79. The second kappa shape index (κ2) is 5.37. The van der Waals surface area contributed by atoms with Crippen LogP contribution < -0.4 is 5.73 Å². The molecule has 3 nitrogen and oxygen atoms in total. The first-order chi connectivity index (χ1) is 6.75. The third-order valence-electron chi connectivity index (χ3n) is 2.98. The molecule has 1 saturated carbocycles. The van der Waals surface area contributed by atoms with Crippen LogP contribution in [0.5, 0.6) is 0 Å². The molecule has 0 spiro atoms. The van der Waals surface area contributed by atoms with Gasteiger partial charge >= 0.3 is 0 Å². The summed E-state index contributed by atoms with van der Waals surface area (Å²) in [5.41, 5.74) is 5.70. The number of rotatable bonds is 2. The van der Waals surface area contributed by atoms with Crippen LogP contribution >= 0.6 is 12.4 Å². The van der Waals surface area contributed by atoms with Crippen molar-refractivity contribution in [1.29, 1.82) is 0 Å². The van der Waals surface area contributed by atoms with Crippen LogP contribution in [0.4, 0.5) is 0 Å². The van der Waals surface area contributed by atoms with Gasteiger partial charge in [-0.25, -0.2) is 0 Å². The number of nitrogens with two attached hydrogens (primary N) is 1. The Morgan fingerprint density at radius 2 is 1.75 bits per heavy atom. The largest absolute Gasteiger partial charge is 0.344 e. The number of likely N-dealkylation sites (N-methyl/N-ethyl adjacent to an activating group) is 1. The van der Waals surface area contributed by atoms with E-state index < -0.39 is 5.54 Å². The quantitative estimate of drug-likeness (QED) is 0.814. The summed E-state index contributed by atoms with van der Waals surface area (Å²) in [6.07, 6.45) is 3.87. The summed E-state index contributed by atoms with van der Waals surface area (Å²) in [6.45, 7) is 7.17. The first-order valence-electron chi connectivity index (χ1n) is 5.79.